The van der Waals surface area contributed by atoms with Crippen molar-refractivity contribution in [3.05, 3.63) is 0 Å². The summed E-state index contributed by atoms with van der Waals surface area (Å²) in [4.78, 5) is 25.3. The first-order valence-corrected chi connectivity index (χ1v) is 6.35. The van der Waals surface area contributed by atoms with Gasteiger partial charge in [-0.25, -0.2) is 0 Å². The highest BCUT2D eigenvalue weighted by Gasteiger charge is 2.28. The Morgan fingerprint density at radius 3 is 2.82 bits per heavy atom. The third-order valence-corrected chi connectivity index (χ3v) is 2.84. The summed E-state index contributed by atoms with van der Waals surface area (Å²) in [6.07, 6.45) is 1.98. The molecule has 1 saturated heterocycles. The minimum atomic E-state index is -0.350. The van der Waals surface area contributed by atoms with Crippen molar-refractivity contribution in [3.8, 4) is 0 Å². The zero-order valence-electron chi connectivity index (χ0n) is 10.7. The van der Waals surface area contributed by atoms with Gasteiger partial charge in [0.25, 0.3) is 0 Å². The third-order valence-electron chi connectivity index (χ3n) is 2.84. The van der Waals surface area contributed by atoms with E-state index in [1.54, 1.807) is 4.90 Å². The van der Waals surface area contributed by atoms with E-state index < -0.39 is 0 Å². The Morgan fingerprint density at radius 1 is 1.41 bits per heavy atom. The molecule has 1 rings (SSSR count). The van der Waals surface area contributed by atoms with Crippen molar-refractivity contribution in [2.75, 3.05) is 26.3 Å². The summed E-state index contributed by atoms with van der Waals surface area (Å²) in [5, 5.41) is 2.78. The van der Waals surface area contributed by atoms with E-state index in [9.17, 15) is 9.59 Å². The van der Waals surface area contributed by atoms with E-state index in [2.05, 4.69) is 5.32 Å². The average molecular weight is 242 g/mol. The number of ether oxygens (including phenoxy) is 1. The van der Waals surface area contributed by atoms with Crippen LogP contribution in [-0.2, 0) is 14.3 Å². The lowest BCUT2D eigenvalue weighted by Gasteiger charge is -2.23. The molecule has 5 heteroatoms. The molecular formula is C12H22N2O3. The Morgan fingerprint density at radius 2 is 2.18 bits per heavy atom. The molecule has 98 valence electrons. The molecule has 17 heavy (non-hydrogen) atoms. The van der Waals surface area contributed by atoms with Gasteiger partial charge >= 0.3 is 0 Å². The van der Waals surface area contributed by atoms with Crippen molar-refractivity contribution >= 4 is 11.8 Å². The molecule has 0 aromatic rings. The number of nitrogens with one attached hydrogen (secondary N) is 1. The lowest BCUT2D eigenvalue weighted by Crippen LogP contribution is -2.45. The molecule has 1 aliphatic heterocycles. The maximum absolute atomic E-state index is 12.1. The van der Waals surface area contributed by atoms with Crippen LogP contribution in [0.25, 0.3) is 0 Å². The highest BCUT2D eigenvalue weighted by molar-refractivity contribution is 5.89. The normalized spacial score (nSPS) is 21.3. The lowest BCUT2D eigenvalue weighted by molar-refractivity contribution is -0.134. The summed E-state index contributed by atoms with van der Waals surface area (Å²) in [6, 6.07) is -0.350. The van der Waals surface area contributed by atoms with Gasteiger partial charge in [-0.05, 0) is 13.3 Å². The van der Waals surface area contributed by atoms with E-state index in [0.29, 0.717) is 39.1 Å². The number of carbonyl (C=O) groups excluding carboxylic acids is 2. The summed E-state index contributed by atoms with van der Waals surface area (Å²) in [5.74, 6) is -0.00638. The molecule has 0 saturated carbocycles. The van der Waals surface area contributed by atoms with Gasteiger partial charge in [-0.1, -0.05) is 13.3 Å². The Hall–Kier alpha value is -1.10. The fourth-order valence-corrected chi connectivity index (χ4v) is 1.92. The van der Waals surface area contributed by atoms with Crippen molar-refractivity contribution < 1.29 is 14.3 Å². The van der Waals surface area contributed by atoms with Crippen molar-refractivity contribution in [1.29, 1.82) is 0 Å². The van der Waals surface area contributed by atoms with Crippen LogP contribution in [0.15, 0.2) is 0 Å². The molecule has 0 aromatic carbocycles. The van der Waals surface area contributed by atoms with Crippen LogP contribution in [0.4, 0.5) is 0 Å². The van der Waals surface area contributed by atoms with Crippen molar-refractivity contribution in [1.82, 2.24) is 10.2 Å². The summed E-state index contributed by atoms with van der Waals surface area (Å²) < 4.78 is 5.25. The van der Waals surface area contributed by atoms with Crippen molar-refractivity contribution in [2.24, 2.45) is 0 Å². The summed E-state index contributed by atoms with van der Waals surface area (Å²) in [6.45, 7) is 6.19. The third kappa shape index (κ3) is 4.34. The Labute approximate surface area is 102 Å². The van der Waals surface area contributed by atoms with Crippen molar-refractivity contribution in [3.63, 3.8) is 0 Å². The number of hydrogen-bond donors (Lipinski definition) is 1. The predicted molar refractivity (Wildman–Crippen MR) is 64.5 cm³/mol. The van der Waals surface area contributed by atoms with Gasteiger partial charge in [-0.15, -0.1) is 0 Å². The molecule has 1 N–H and O–H groups in total. The van der Waals surface area contributed by atoms with Gasteiger partial charge in [0.2, 0.25) is 11.8 Å². The van der Waals surface area contributed by atoms with E-state index in [4.69, 9.17) is 4.74 Å². The van der Waals surface area contributed by atoms with E-state index >= 15 is 0 Å². The van der Waals surface area contributed by atoms with Crippen LogP contribution in [0.3, 0.4) is 0 Å². The maximum Gasteiger partial charge on any atom is 0.245 e. The first-order chi connectivity index (χ1) is 8.19. The predicted octanol–water partition coefficient (Wildman–Crippen LogP) is 0.540. The standard InChI is InChI=1S/C12H22N2O3/c1-3-5-10-12(16)14(8-9-17-4-2)7-6-11(15)13-10/h10H,3-9H2,1-2H3,(H,13,15). The lowest BCUT2D eigenvalue weighted by atomic mass is 10.1. The fraction of sp³-hybridized carbons (Fsp3) is 0.833. The van der Waals surface area contributed by atoms with E-state index in [1.807, 2.05) is 13.8 Å². The van der Waals surface area contributed by atoms with Crippen LogP contribution in [0.5, 0.6) is 0 Å². The Balaban J connectivity index is 2.56. The molecule has 0 spiro atoms. The number of carbonyl (C=O) groups is 2. The largest absolute Gasteiger partial charge is 0.380 e. The fourth-order valence-electron chi connectivity index (χ4n) is 1.92. The summed E-state index contributed by atoms with van der Waals surface area (Å²) >= 11 is 0. The molecule has 5 nitrogen and oxygen atoms in total. The molecule has 1 heterocycles. The Kier molecular flexibility index (Phi) is 5.97. The van der Waals surface area contributed by atoms with Gasteiger partial charge in [-0.3, -0.25) is 9.59 Å². The smallest absolute Gasteiger partial charge is 0.245 e. The molecule has 0 bridgehead atoms. The van der Waals surface area contributed by atoms with Crippen LogP contribution in [0.2, 0.25) is 0 Å². The molecule has 2 amide bonds. The number of amides is 2. The molecule has 0 aromatic heterocycles. The Bertz CT molecular complexity index is 268. The minimum absolute atomic E-state index is 0.0254. The van der Waals surface area contributed by atoms with Gasteiger partial charge in [0.15, 0.2) is 0 Å². The maximum atomic E-state index is 12.1. The van der Waals surface area contributed by atoms with E-state index in [1.165, 1.54) is 0 Å². The average Bonchev–Trinajstić information content (AvgIpc) is 2.43. The van der Waals surface area contributed by atoms with Gasteiger partial charge < -0.3 is 15.0 Å². The molecule has 1 aliphatic rings. The highest BCUT2D eigenvalue weighted by atomic mass is 16.5. The second kappa shape index (κ2) is 7.27. The van der Waals surface area contributed by atoms with Crippen molar-refractivity contribution in [2.45, 2.75) is 39.2 Å². The summed E-state index contributed by atoms with van der Waals surface area (Å²) in [5.41, 5.74) is 0. The topological polar surface area (TPSA) is 58.6 Å². The quantitative estimate of drug-likeness (QED) is 0.692. The van der Waals surface area contributed by atoms with Gasteiger partial charge in [-0.2, -0.15) is 0 Å². The van der Waals surface area contributed by atoms with Crippen LogP contribution in [0.1, 0.15) is 33.1 Å². The van der Waals surface area contributed by atoms with Crippen LogP contribution >= 0.6 is 0 Å². The molecule has 1 fully saturated rings. The highest BCUT2D eigenvalue weighted by Crippen LogP contribution is 2.08. The van der Waals surface area contributed by atoms with Gasteiger partial charge in [0, 0.05) is 26.1 Å². The van der Waals surface area contributed by atoms with Gasteiger partial charge in [0.1, 0.15) is 6.04 Å². The minimum Gasteiger partial charge on any atom is -0.380 e. The van der Waals surface area contributed by atoms with E-state index in [-0.39, 0.29) is 17.9 Å². The monoisotopic (exact) mass is 242 g/mol. The second-order valence-corrected chi connectivity index (χ2v) is 4.18. The van der Waals surface area contributed by atoms with Crippen LogP contribution in [-0.4, -0.2) is 49.1 Å². The molecule has 0 radical (unpaired) electrons. The first kappa shape index (κ1) is 14.0. The molecule has 0 aliphatic carbocycles. The zero-order chi connectivity index (χ0) is 12.7. The van der Waals surface area contributed by atoms with E-state index in [0.717, 1.165) is 6.42 Å². The molecule has 1 unspecified atom stereocenters. The first-order valence-electron chi connectivity index (χ1n) is 6.35. The SMILES string of the molecule is CCCC1NC(=O)CCN(CCOCC)C1=O. The summed E-state index contributed by atoms with van der Waals surface area (Å²) in [7, 11) is 0. The number of hydrogen-bond acceptors (Lipinski definition) is 3. The molecular weight excluding hydrogens is 220 g/mol. The number of nitrogens with zero attached hydrogens (tertiary/aromatic N) is 1. The van der Waals surface area contributed by atoms with Crippen LogP contribution in [0, 0.1) is 0 Å². The zero-order valence-corrected chi connectivity index (χ0v) is 10.7. The molecule has 1 atom stereocenters. The van der Waals surface area contributed by atoms with Crippen LogP contribution < -0.4 is 5.32 Å². The second-order valence-electron chi connectivity index (χ2n) is 4.18. The number of rotatable bonds is 6. The van der Waals surface area contributed by atoms with Gasteiger partial charge in [0.05, 0.1) is 6.61 Å².